The molecule has 0 heterocycles. The van der Waals surface area contributed by atoms with Gasteiger partial charge in [-0.15, -0.1) is 0 Å². The maximum absolute atomic E-state index is 10.6. The van der Waals surface area contributed by atoms with Gasteiger partial charge in [0.1, 0.15) is 5.75 Å². The van der Waals surface area contributed by atoms with E-state index in [0.29, 0.717) is 29.5 Å². The maximum Gasteiger partial charge on any atom is 0.328 e. The summed E-state index contributed by atoms with van der Waals surface area (Å²) >= 11 is 0. The van der Waals surface area contributed by atoms with Crippen LogP contribution in [0.1, 0.15) is 11.1 Å². The van der Waals surface area contributed by atoms with Crippen LogP contribution in [-0.4, -0.2) is 39.5 Å². The van der Waals surface area contributed by atoms with Gasteiger partial charge in [0.15, 0.2) is 11.5 Å². The van der Waals surface area contributed by atoms with E-state index in [4.69, 9.17) is 24.1 Å². The van der Waals surface area contributed by atoms with Crippen molar-refractivity contribution in [3.05, 3.63) is 47.5 Å². The Morgan fingerprint density at radius 1 is 0.963 bits per heavy atom. The van der Waals surface area contributed by atoms with Gasteiger partial charge >= 0.3 is 5.97 Å². The first-order valence-corrected chi connectivity index (χ1v) is 8.14. The number of hydrogen-bond donors (Lipinski definition) is 2. The number of nitrogens with one attached hydrogen (secondary N) is 1. The van der Waals surface area contributed by atoms with Crippen LogP contribution in [0.2, 0.25) is 0 Å². The van der Waals surface area contributed by atoms with Crippen molar-refractivity contribution in [2.75, 3.05) is 33.8 Å². The van der Waals surface area contributed by atoms with E-state index in [9.17, 15) is 4.79 Å². The second-order valence-corrected chi connectivity index (χ2v) is 5.51. The zero-order valence-electron chi connectivity index (χ0n) is 15.7. The van der Waals surface area contributed by atoms with Crippen LogP contribution in [-0.2, 0) is 11.3 Å². The number of anilines is 1. The van der Waals surface area contributed by atoms with Crippen molar-refractivity contribution in [1.29, 1.82) is 0 Å². The van der Waals surface area contributed by atoms with Crippen molar-refractivity contribution in [1.82, 2.24) is 0 Å². The Balaban J connectivity index is 2.22. The Morgan fingerprint density at radius 2 is 1.59 bits per heavy atom. The number of ether oxygens (including phenoxy) is 4. The van der Waals surface area contributed by atoms with Gasteiger partial charge in [-0.3, -0.25) is 0 Å². The van der Waals surface area contributed by atoms with Crippen LogP contribution in [0.3, 0.4) is 0 Å². The minimum Gasteiger partial charge on any atom is -0.496 e. The van der Waals surface area contributed by atoms with Crippen molar-refractivity contribution in [3.63, 3.8) is 0 Å². The fourth-order valence-corrected chi connectivity index (χ4v) is 2.56. The molecular weight excluding hydrogens is 350 g/mol. The van der Waals surface area contributed by atoms with Crippen LogP contribution in [0.15, 0.2) is 36.4 Å². The van der Waals surface area contributed by atoms with Gasteiger partial charge in [-0.2, -0.15) is 0 Å². The molecule has 0 amide bonds. The predicted octanol–water partition coefficient (Wildman–Crippen LogP) is 3.43. The van der Waals surface area contributed by atoms with Crippen LogP contribution in [0, 0.1) is 0 Å². The van der Waals surface area contributed by atoms with E-state index in [1.54, 1.807) is 34.5 Å². The molecular formula is C20H23NO6. The highest BCUT2D eigenvalue weighted by Crippen LogP contribution is 2.40. The van der Waals surface area contributed by atoms with Gasteiger partial charge in [0, 0.05) is 36.0 Å². The fourth-order valence-electron chi connectivity index (χ4n) is 2.56. The molecule has 0 unspecified atom stereocenters. The summed E-state index contributed by atoms with van der Waals surface area (Å²) in [6.45, 7) is 0.491. The average Bonchev–Trinajstić information content (AvgIpc) is 2.69. The molecule has 0 saturated carbocycles. The summed E-state index contributed by atoms with van der Waals surface area (Å²) in [6.07, 6.45) is 2.60. The lowest BCUT2D eigenvalue weighted by atomic mass is 10.1. The molecule has 0 fully saturated rings. The zero-order chi connectivity index (χ0) is 19.8. The third kappa shape index (κ3) is 5.07. The van der Waals surface area contributed by atoms with Gasteiger partial charge < -0.3 is 29.4 Å². The SMILES string of the molecule is COc1cc(/C=C/C(=O)O)ccc1CNc1cc(OC)c(OC)c(OC)c1. The lowest BCUT2D eigenvalue weighted by Crippen LogP contribution is -2.03. The summed E-state index contributed by atoms with van der Waals surface area (Å²) in [5, 5.41) is 12.0. The van der Waals surface area contributed by atoms with Gasteiger partial charge in [0.25, 0.3) is 0 Å². The third-order valence-electron chi connectivity index (χ3n) is 3.88. The van der Waals surface area contributed by atoms with E-state index < -0.39 is 5.97 Å². The molecule has 0 spiro atoms. The molecule has 0 atom stereocenters. The Hall–Kier alpha value is -3.35. The number of hydrogen-bond acceptors (Lipinski definition) is 6. The van der Waals surface area contributed by atoms with Crippen molar-refractivity contribution in [2.24, 2.45) is 0 Å². The van der Waals surface area contributed by atoms with Gasteiger partial charge in [0.2, 0.25) is 5.75 Å². The molecule has 2 aromatic carbocycles. The van der Waals surface area contributed by atoms with Crippen LogP contribution < -0.4 is 24.3 Å². The minimum atomic E-state index is -0.998. The fraction of sp³-hybridized carbons (Fsp3) is 0.250. The normalized spacial score (nSPS) is 10.5. The highest BCUT2D eigenvalue weighted by Gasteiger charge is 2.13. The summed E-state index contributed by atoms with van der Waals surface area (Å²) < 4.78 is 21.4. The monoisotopic (exact) mass is 373 g/mol. The first-order chi connectivity index (χ1) is 13.0. The van der Waals surface area contributed by atoms with E-state index in [2.05, 4.69) is 5.32 Å². The summed E-state index contributed by atoms with van der Waals surface area (Å²) in [5.74, 6) is 1.29. The van der Waals surface area contributed by atoms with Gasteiger partial charge in [-0.25, -0.2) is 4.79 Å². The number of methoxy groups -OCH3 is 4. The second-order valence-electron chi connectivity index (χ2n) is 5.51. The summed E-state index contributed by atoms with van der Waals surface area (Å²) in [7, 11) is 6.25. The molecule has 7 nitrogen and oxygen atoms in total. The van der Waals surface area contributed by atoms with E-state index in [1.807, 2.05) is 24.3 Å². The van der Waals surface area contributed by atoms with Crippen molar-refractivity contribution in [3.8, 4) is 23.0 Å². The number of rotatable bonds is 9. The molecule has 2 N–H and O–H groups in total. The number of carboxylic acids is 1. The quantitative estimate of drug-likeness (QED) is 0.651. The molecule has 2 aromatic rings. The molecule has 7 heteroatoms. The average molecular weight is 373 g/mol. The lowest BCUT2D eigenvalue weighted by Gasteiger charge is -2.16. The van der Waals surface area contributed by atoms with Gasteiger partial charge in [-0.1, -0.05) is 12.1 Å². The van der Waals surface area contributed by atoms with Crippen molar-refractivity contribution in [2.45, 2.75) is 6.54 Å². The van der Waals surface area contributed by atoms with E-state index >= 15 is 0 Å². The second kappa shape index (κ2) is 9.38. The molecule has 2 rings (SSSR count). The molecule has 0 aliphatic heterocycles. The maximum atomic E-state index is 10.6. The van der Waals surface area contributed by atoms with Gasteiger partial charge in [-0.05, 0) is 17.7 Å². The van der Waals surface area contributed by atoms with Crippen molar-refractivity contribution >= 4 is 17.7 Å². The molecule has 0 aromatic heterocycles. The number of carboxylic acid groups (broad SMARTS) is 1. The number of benzene rings is 2. The first-order valence-electron chi connectivity index (χ1n) is 8.14. The number of aliphatic carboxylic acids is 1. The first kappa shape index (κ1) is 20.0. The Bertz CT molecular complexity index is 806. The Kier molecular flexibility index (Phi) is 6.93. The Morgan fingerprint density at radius 3 is 2.11 bits per heavy atom. The zero-order valence-corrected chi connectivity index (χ0v) is 15.7. The van der Waals surface area contributed by atoms with Crippen LogP contribution in [0.25, 0.3) is 6.08 Å². The van der Waals surface area contributed by atoms with Crippen LogP contribution in [0.5, 0.6) is 23.0 Å². The molecule has 27 heavy (non-hydrogen) atoms. The standard InChI is InChI=1S/C20H23NO6/c1-24-16-9-13(6-8-19(22)23)5-7-14(16)12-21-15-10-17(25-2)20(27-4)18(11-15)26-3/h5-11,21H,12H2,1-4H3,(H,22,23)/b8-6+. The summed E-state index contributed by atoms with van der Waals surface area (Å²) in [4.78, 5) is 10.6. The topological polar surface area (TPSA) is 86.3 Å². The molecule has 0 aliphatic carbocycles. The lowest BCUT2D eigenvalue weighted by molar-refractivity contribution is -0.131. The van der Waals surface area contributed by atoms with E-state index in [-0.39, 0.29) is 0 Å². The largest absolute Gasteiger partial charge is 0.496 e. The molecule has 144 valence electrons. The van der Waals surface area contributed by atoms with Crippen LogP contribution >= 0.6 is 0 Å². The third-order valence-corrected chi connectivity index (χ3v) is 3.88. The molecule has 0 aliphatic rings. The highest BCUT2D eigenvalue weighted by molar-refractivity contribution is 5.85. The molecule has 0 radical (unpaired) electrons. The summed E-state index contributed by atoms with van der Waals surface area (Å²) in [5.41, 5.74) is 2.45. The van der Waals surface area contributed by atoms with Crippen LogP contribution in [0.4, 0.5) is 5.69 Å². The smallest absolute Gasteiger partial charge is 0.328 e. The highest BCUT2D eigenvalue weighted by atomic mass is 16.5. The number of carbonyl (C=O) groups is 1. The summed E-state index contributed by atoms with van der Waals surface area (Å²) in [6, 6.07) is 9.13. The van der Waals surface area contributed by atoms with Gasteiger partial charge in [0.05, 0.1) is 28.4 Å². The van der Waals surface area contributed by atoms with E-state index in [0.717, 1.165) is 22.9 Å². The van der Waals surface area contributed by atoms with Crippen molar-refractivity contribution < 1.29 is 28.8 Å². The predicted molar refractivity (Wildman–Crippen MR) is 103 cm³/mol. The van der Waals surface area contributed by atoms with E-state index in [1.165, 1.54) is 6.08 Å². The minimum absolute atomic E-state index is 0.491. The molecule has 0 saturated heterocycles. The molecule has 0 bridgehead atoms. The Labute approximate surface area is 158 Å².